The van der Waals surface area contributed by atoms with Crippen molar-refractivity contribution in [3.05, 3.63) is 0 Å². The summed E-state index contributed by atoms with van der Waals surface area (Å²) >= 11 is 0. The summed E-state index contributed by atoms with van der Waals surface area (Å²) in [4.78, 5) is 0. The minimum absolute atomic E-state index is 0. The van der Waals surface area contributed by atoms with Crippen molar-refractivity contribution in [3.63, 3.8) is 0 Å². The second-order valence-electron chi connectivity index (χ2n) is 1.41. The molecule has 0 bridgehead atoms. The zero-order valence-corrected chi connectivity index (χ0v) is 6.68. The van der Waals surface area contributed by atoms with E-state index in [-0.39, 0.29) is 27.4 Å². The SMILES string of the molecule is NCC1OCCO1.[Pt]. The van der Waals surface area contributed by atoms with Crippen LogP contribution in [0.1, 0.15) is 0 Å². The fourth-order valence-electron chi connectivity index (χ4n) is 0.543. The predicted molar refractivity (Wildman–Crippen MR) is 24.7 cm³/mol. The number of hydrogen-bond donors (Lipinski definition) is 1. The van der Waals surface area contributed by atoms with Crippen molar-refractivity contribution in [1.29, 1.82) is 0 Å². The molecule has 0 saturated carbocycles. The molecular weight excluding hydrogens is 289 g/mol. The first kappa shape index (κ1) is 8.57. The summed E-state index contributed by atoms with van der Waals surface area (Å²) in [6.45, 7) is 1.86. The summed E-state index contributed by atoms with van der Waals surface area (Å²) in [5, 5.41) is 0. The van der Waals surface area contributed by atoms with Crippen LogP contribution in [-0.2, 0) is 30.5 Å². The molecule has 0 atom stereocenters. The Morgan fingerprint density at radius 2 is 1.88 bits per heavy atom. The number of hydrogen-bond acceptors (Lipinski definition) is 3. The Labute approximate surface area is 62.8 Å². The molecule has 2 N–H and O–H groups in total. The fourth-order valence-corrected chi connectivity index (χ4v) is 0.543. The van der Waals surface area contributed by atoms with Crippen LogP contribution < -0.4 is 5.73 Å². The molecule has 0 amide bonds. The van der Waals surface area contributed by atoms with Crippen LogP contribution in [0.25, 0.3) is 0 Å². The molecule has 1 aliphatic rings. The van der Waals surface area contributed by atoms with Crippen molar-refractivity contribution >= 4 is 0 Å². The molecule has 1 aliphatic heterocycles. The van der Waals surface area contributed by atoms with E-state index in [0.717, 1.165) is 0 Å². The van der Waals surface area contributed by atoms with Crippen molar-refractivity contribution in [3.8, 4) is 0 Å². The molecule has 52 valence electrons. The largest absolute Gasteiger partial charge is 0.349 e. The van der Waals surface area contributed by atoms with Gasteiger partial charge in [-0.05, 0) is 0 Å². The van der Waals surface area contributed by atoms with Gasteiger partial charge in [0.25, 0.3) is 0 Å². The Bertz CT molecular complexity index is 56.0. The van der Waals surface area contributed by atoms with Crippen LogP contribution in [0.3, 0.4) is 0 Å². The Kier molecular flexibility index (Phi) is 4.76. The van der Waals surface area contributed by atoms with E-state index >= 15 is 0 Å². The van der Waals surface area contributed by atoms with E-state index in [2.05, 4.69) is 0 Å². The normalized spacial score (nSPS) is 20.6. The van der Waals surface area contributed by atoms with Gasteiger partial charge in [-0.25, -0.2) is 0 Å². The van der Waals surface area contributed by atoms with Crippen molar-refractivity contribution in [2.75, 3.05) is 19.8 Å². The molecule has 0 radical (unpaired) electrons. The van der Waals surface area contributed by atoms with Gasteiger partial charge in [-0.2, -0.15) is 0 Å². The van der Waals surface area contributed by atoms with Crippen molar-refractivity contribution < 1.29 is 30.5 Å². The van der Waals surface area contributed by atoms with Gasteiger partial charge in [0.1, 0.15) is 0 Å². The number of rotatable bonds is 1. The van der Waals surface area contributed by atoms with Crippen molar-refractivity contribution in [1.82, 2.24) is 0 Å². The first-order chi connectivity index (χ1) is 3.43. The third-order valence-corrected chi connectivity index (χ3v) is 0.883. The Morgan fingerprint density at radius 3 is 2.12 bits per heavy atom. The maximum Gasteiger partial charge on any atom is 0.169 e. The van der Waals surface area contributed by atoms with Gasteiger partial charge in [0.2, 0.25) is 0 Å². The summed E-state index contributed by atoms with van der Waals surface area (Å²) in [6, 6.07) is 0. The van der Waals surface area contributed by atoms with Crippen LogP contribution in [0, 0.1) is 0 Å². The van der Waals surface area contributed by atoms with E-state index < -0.39 is 0 Å². The fraction of sp³-hybridized carbons (Fsp3) is 1.00. The smallest absolute Gasteiger partial charge is 0.169 e. The molecule has 0 unspecified atom stereocenters. The molecule has 1 heterocycles. The minimum Gasteiger partial charge on any atom is -0.349 e. The van der Waals surface area contributed by atoms with E-state index in [1.54, 1.807) is 0 Å². The molecule has 0 aromatic rings. The van der Waals surface area contributed by atoms with Crippen LogP contribution in [-0.4, -0.2) is 26.0 Å². The summed E-state index contributed by atoms with van der Waals surface area (Å²) in [7, 11) is 0. The van der Waals surface area contributed by atoms with Crippen LogP contribution in [0.15, 0.2) is 0 Å². The number of nitrogens with two attached hydrogens (primary N) is 1. The van der Waals surface area contributed by atoms with Gasteiger partial charge in [-0.15, -0.1) is 0 Å². The summed E-state index contributed by atoms with van der Waals surface area (Å²) in [5.41, 5.74) is 5.18. The minimum atomic E-state index is -0.125. The summed E-state index contributed by atoms with van der Waals surface area (Å²) < 4.78 is 9.91. The van der Waals surface area contributed by atoms with Gasteiger partial charge < -0.3 is 15.2 Å². The van der Waals surface area contributed by atoms with E-state index in [4.69, 9.17) is 15.2 Å². The molecule has 3 nitrogen and oxygen atoms in total. The van der Waals surface area contributed by atoms with Gasteiger partial charge in [-0.3, -0.25) is 0 Å². The first-order valence-electron chi connectivity index (χ1n) is 2.37. The monoisotopic (exact) mass is 298 g/mol. The van der Waals surface area contributed by atoms with Gasteiger partial charge in [-0.1, -0.05) is 0 Å². The van der Waals surface area contributed by atoms with Crippen molar-refractivity contribution in [2.45, 2.75) is 6.29 Å². The third-order valence-electron chi connectivity index (χ3n) is 0.883. The second kappa shape index (κ2) is 4.45. The topological polar surface area (TPSA) is 44.5 Å². The maximum atomic E-state index is 5.18. The standard InChI is InChI=1S/C4H9NO2.Pt/c5-3-4-6-1-2-7-4;/h4H,1-3,5H2;. The Balaban J connectivity index is 0.000000490. The molecule has 4 heteroatoms. The quantitative estimate of drug-likeness (QED) is 0.697. The molecule has 0 spiro atoms. The van der Waals surface area contributed by atoms with Crippen LogP contribution >= 0.6 is 0 Å². The second-order valence-corrected chi connectivity index (χ2v) is 1.41. The molecule has 0 aliphatic carbocycles. The Morgan fingerprint density at radius 1 is 1.38 bits per heavy atom. The maximum absolute atomic E-state index is 5.18. The van der Waals surface area contributed by atoms with Crippen LogP contribution in [0.5, 0.6) is 0 Å². The molecule has 8 heavy (non-hydrogen) atoms. The average Bonchev–Trinajstić information content (AvgIpc) is 2.14. The van der Waals surface area contributed by atoms with Gasteiger partial charge in [0, 0.05) is 27.6 Å². The van der Waals surface area contributed by atoms with Crippen LogP contribution in [0.4, 0.5) is 0 Å². The zero-order chi connectivity index (χ0) is 5.11. The molecule has 0 aromatic heterocycles. The molecule has 0 aromatic carbocycles. The van der Waals surface area contributed by atoms with Gasteiger partial charge in [0.15, 0.2) is 6.29 Å². The molecule has 1 fully saturated rings. The average molecular weight is 298 g/mol. The van der Waals surface area contributed by atoms with E-state index in [0.29, 0.717) is 19.8 Å². The number of ether oxygens (including phenoxy) is 2. The third kappa shape index (κ3) is 2.22. The van der Waals surface area contributed by atoms with Gasteiger partial charge in [0.05, 0.1) is 13.2 Å². The Hall–Kier alpha value is 0.568. The molecular formula is C4H9NO2Pt. The van der Waals surface area contributed by atoms with E-state index in [1.165, 1.54) is 0 Å². The van der Waals surface area contributed by atoms with Gasteiger partial charge >= 0.3 is 0 Å². The molecule has 1 saturated heterocycles. The predicted octanol–water partition coefficient (Wildman–Crippen LogP) is -0.685. The van der Waals surface area contributed by atoms with E-state index in [1.807, 2.05) is 0 Å². The van der Waals surface area contributed by atoms with E-state index in [9.17, 15) is 0 Å². The van der Waals surface area contributed by atoms with Crippen LogP contribution in [0.2, 0.25) is 0 Å². The summed E-state index contributed by atoms with van der Waals surface area (Å²) in [6.07, 6.45) is -0.125. The molecule has 1 rings (SSSR count). The summed E-state index contributed by atoms with van der Waals surface area (Å²) in [5.74, 6) is 0. The zero-order valence-electron chi connectivity index (χ0n) is 4.41. The first-order valence-corrected chi connectivity index (χ1v) is 2.37. The van der Waals surface area contributed by atoms with Crippen molar-refractivity contribution in [2.24, 2.45) is 5.73 Å².